The molecule has 0 unspecified atom stereocenters. The summed E-state index contributed by atoms with van der Waals surface area (Å²) in [5.41, 5.74) is -0.0856. The molecule has 8 heterocycles. The molecule has 0 amide bonds. The van der Waals surface area contributed by atoms with Crippen molar-refractivity contribution in [1.29, 1.82) is 0 Å². The van der Waals surface area contributed by atoms with Gasteiger partial charge in [-0.2, -0.15) is 0 Å². The summed E-state index contributed by atoms with van der Waals surface area (Å²) in [5, 5.41) is 0. The van der Waals surface area contributed by atoms with Crippen LogP contribution in [0.15, 0.2) is 27.2 Å². The van der Waals surface area contributed by atoms with Crippen LogP contribution in [0.25, 0.3) is 29.3 Å². The molecule has 8 rings (SSSR count). The second-order valence-electron chi connectivity index (χ2n) is 12.4. The molecular weight excluding hydrogens is 841 g/mol. The van der Waals surface area contributed by atoms with Gasteiger partial charge in [0.25, 0.3) is 0 Å². The fraction of sp³-hybridized carbons (Fsp3) is 0.467. The van der Waals surface area contributed by atoms with E-state index in [1.807, 2.05) is 69.7 Å². The molecule has 0 fully saturated rings. The molecule has 234 valence electrons. The highest BCUT2D eigenvalue weighted by Crippen LogP contribution is 2.65. The Morgan fingerprint density at radius 1 is 0.432 bits per heavy atom. The number of fused-ring (bicyclic) bond motifs is 4. The number of hydrogen-bond acceptors (Lipinski definition) is 12. The summed E-state index contributed by atoms with van der Waals surface area (Å²) in [4.78, 5) is 13.4. The molecule has 0 N–H and O–H groups in total. The van der Waals surface area contributed by atoms with Crippen molar-refractivity contribution >= 4 is 124 Å². The molecule has 0 atom stereocenters. The van der Waals surface area contributed by atoms with Crippen LogP contribution in [0, 0.1) is 10.8 Å². The second kappa shape index (κ2) is 12.0. The average molecular weight is 869 g/mol. The Morgan fingerprint density at radius 3 is 1.07 bits per heavy atom. The van der Waals surface area contributed by atoms with Gasteiger partial charge >= 0.3 is 0 Å². The monoisotopic (exact) mass is 866 g/mol. The van der Waals surface area contributed by atoms with Gasteiger partial charge in [-0.1, -0.05) is 27.7 Å². The number of rotatable bonds is 3. The largest absolute Gasteiger partial charge is 0.487 e. The Morgan fingerprint density at radius 2 is 0.727 bits per heavy atom. The molecule has 14 heteroatoms. The van der Waals surface area contributed by atoms with Crippen molar-refractivity contribution in [2.45, 2.75) is 47.3 Å². The average Bonchev–Trinajstić information content (AvgIpc) is 3.67. The minimum Gasteiger partial charge on any atom is -0.487 e. The van der Waals surface area contributed by atoms with Gasteiger partial charge in [0, 0.05) is 53.4 Å². The molecule has 0 aromatic carbocycles. The van der Waals surface area contributed by atoms with Crippen molar-refractivity contribution in [2.75, 3.05) is 49.4 Å². The zero-order chi connectivity index (χ0) is 30.4. The smallest absolute Gasteiger partial charge is 0.187 e. The van der Waals surface area contributed by atoms with Crippen LogP contribution in [-0.4, -0.2) is 49.4 Å². The summed E-state index contributed by atoms with van der Waals surface area (Å²) in [6.07, 6.45) is 0. The molecule has 4 aromatic rings. The molecule has 4 aromatic heterocycles. The standard InChI is InChI=1S/C30H28Br2O4S8/c1-29(2)9-33-13-15(35-11-29)27(31)43-17(13)23-19-21(39-7-5-37-19)25(41-23)26-22-20(38-6-8-40-22)24(42-26)18-14-16(28(32)44-18)36-12-30(3,4)10-34-14/h5-12H2,1-4H3. The zero-order valence-electron chi connectivity index (χ0n) is 24.3. The second-order valence-corrected chi connectivity index (χ2v) is 23.6. The summed E-state index contributed by atoms with van der Waals surface area (Å²) in [6, 6.07) is 0. The van der Waals surface area contributed by atoms with E-state index in [1.54, 1.807) is 22.7 Å². The van der Waals surface area contributed by atoms with E-state index in [0.717, 1.165) is 53.6 Å². The van der Waals surface area contributed by atoms with Crippen molar-refractivity contribution < 1.29 is 18.9 Å². The molecule has 4 aliphatic rings. The van der Waals surface area contributed by atoms with Crippen LogP contribution >= 0.6 is 124 Å². The molecular formula is C30H28Br2O4S8. The molecule has 0 aliphatic carbocycles. The predicted molar refractivity (Wildman–Crippen MR) is 202 cm³/mol. The van der Waals surface area contributed by atoms with Crippen molar-refractivity contribution in [3.05, 3.63) is 7.57 Å². The van der Waals surface area contributed by atoms with Crippen LogP contribution in [0.4, 0.5) is 0 Å². The number of thiophene rings is 4. The lowest BCUT2D eigenvalue weighted by atomic mass is 9.97. The first-order valence-corrected chi connectivity index (χ1v) is 22.9. The fourth-order valence-corrected chi connectivity index (χ4v) is 17.6. The lowest BCUT2D eigenvalue weighted by Crippen LogP contribution is -2.26. The number of halogens is 2. The number of ether oxygens (including phenoxy) is 4. The van der Waals surface area contributed by atoms with Crippen molar-refractivity contribution in [3.63, 3.8) is 0 Å². The van der Waals surface area contributed by atoms with Crippen LogP contribution < -0.4 is 18.9 Å². The SMILES string of the molecule is CC1(C)COc2c(Br)sc(-c3sc(-c4sc(-c5sc(Br)c6c5OCC(C)(C)CO6)c5c4SCCS5)c4c3SCCS4)c2OC1. The Labute approximate surface area is 307 Å². The Bertz CT molecular complexity index is 1650. The first-order chi connectivity index (χ1) is 21.1. The quantitative estimate of drug-likeness (QED) is 0.202. The summed E-state index contributed by atoms with van der Waals surface area (Å²) in [6.45, 7) is 11.3. The first-order valence-electron chi connectivity index (χ1n) is 14.1. The van der Waals surface area contributed by atoms with Gasteiger partial charge in [-0.05, 0) is 31.9 Å². The highest BCUT2D eigenvalue weighted by molar-refractivity contribution is 9.11. The lowest BCUT2D eigenvalue weighted by Gasteiger charge is -2.20. The molecule has 0 spiro atoms. The van der Waals surface area contributed by atoms with E-state index >= 15 is 0 Å². The van der Waals surface area contributed by atoms with Gasteiger partial charge in [0.1, 0.15) is 7.57 Å². The minimum absolute atomic E-state index is 0.0428. The van der Waals surface area contributed by atoms with Crippen LogP contribution in [0.2, 0.25) is 0 Å². The molecule has 4 aliphatic heterocycles. The maximum Gasteiger partial charge on any atom is 0.187 e. The molecule has 0 radical (unpaired) electrons. The van der Waals surface area contributed by atoms with Crippen molar-refractivity contribution in [3.8, 4) is 52.3 Å². The maximum absolute atomic E-state index is 6.52. The van der Waals surface area contributed by atoms with Gasteiger partial charge < -0.3 is 18.9 Å². The molecule has 0 saturated carbocycles. The summed E-state index contributed by atoms with van der Waals surface area (Å²) in [5.74, 6) is 7.96. The Balaban J connectivity index is 1.28. The van der Waals surface area contributed by atoms with Crippen LogP contribution in [-0.2, 0) is 0 Å². The third kappa shape index (κ3) is 5.54. The minimum atomic E-state index is -0.0428. The topological polar surface area (TPSA) is 36.9 Å². The van der Waals surface area contributed by atoms with E-state index in [-0.39, 0.29) is 10.8 Å². The van der Waals surface area contributed by atoms with Crippen LogP contribution in [0.5, 0.6) is 23.0 Å². The molecule has 44 heavy (non-hydrogen) atoms. The lowest BCUT2D eigenvalue weighted by molar-refractivity contribution is 0.140. The van der Waals surface area contributed by atoms with Crippen LogP contribution in [0.3, 0.4) is 0 Å². The van der Waals surface area contributed by atoms with E-state index in [9.17, 15) is 0 Å². The van der Waals surface area contributed by atoms with Gasteiger partial charge in [-0.3, -0.25) is 0 Å². The van der Waals surface area contributed by atoms with Gasteiger partial charge in [-0.25, -0.2) is 0 Å². The van der Waals surface area contributed by atoms with Gasteiger partial charge in [0.2, 0.25) is 0 Å². The maximum atomic E-state index is 6.52. The predicted octanol–water partition coefficient (Wildman–Crippen LogP) is 12.4. The first kappa shape index (κ1) is 31.6. The number of thioether (sulfide) groups is 4. The summed E-state index contributed by atoms with van der Waals surface area (Å²) < 4.78 is 27.7. The molecule has 0 saturated heterocycles. The van der Waals surface area contributed by atoms with Crippen molar-refractivity contribution in [2.24, 2.45) is 10.8 Å². The fourth-order valence-electron chi connectivity index (χ4n) is 5.21. The number of hydrogen-bond donors (Lipinski definition) is 0. The van der Waals surface area contributed by atoms with Crippen LogP contribution in [0.1, 0.15) is 27.7 Å². The van der Waals surface area contributed by atoms with E-state index < -0.39 is 0 Å². The summed E-state index contributed by atoms with van der Waals surface area (Å²) >= 11 is 23.0. The van der Waals surface area contributed by atoms with Gasteiger partial charge in [0.15, 0.2) is 23.0 Å². The van der Waals surface area contributed by atoms with E-state index in [0.29, 0.717) is 26.4 Å². The van der Waals surface area contributed by atoms with E-state index in [4.69, 9.17) is 18.9 Å². The van der Waals surface area contributed by atoms with E-state index in [2.05, 4.69) is 59.6 Å². The van der Waals surface area contributed by atoms with E-state index in [1.165, 1.54) is 48.8 Å². The Hall–Kier alpha value is 0.360. The summed E-state index contributed by atoms with van der Waals surface area (Å²) in [7, 11) is 0. The third-order valence-corrected chi connectivity index (χ3v) is 19.6. The Kier molecular flexibility index (Phi) is 8.66. The van der Waals surface area contributed by atoms with Crippen molar-refractivity contribution in [1.82, 2.24) is 0 Å². The highest BCUT2D eigenvalue weighted by Gasteiger charge is 2.37. The normalized spacial score (nSPS) is 20.0. The zero-order valence-corrected chi connectivity index (χ0v) is 34.0. The van der Waals surface area contributed by atoms with Gasteiger partial charge in [0.05, 0.1) is 55.7 Å². The van der Waals surface area contributed by atoms with Gasteiger partial charge in [-0.15, -0.1) is 92.4 Å². The third-order valence-electron chi connectivity index (χ3n) is 7.41. The molecule has 0 bridgehead atoms. The molecule has 4 nitrogen and oxygen atoms in total. The highest BCUT2D eigenvalue weighted by atomic mass is 79.9.